The van der Waals surface area contributed by atoms with E-state index in [4.69, 9.17) is 9.40 Å². The first-order chi connectivity index (χ1) is 20.3. The van der Waals surface area contributed by atoms with E-state index in [0.717, 1.165) is 55.5 Å². The van der Waals surface area contributed by atoms with Crippen molar-refractivity contribution >= 4 is 33.0 Å². The van der Waals surface area contributed by atoms with Gasteiger partial charge in [0.05, 0.1) is 16.7 Å². The Hall–Kier alpha value is -5.68. The molecule has 3 heterocycles. The van der Waals surface area contributed by atoms with Crippen LogP contribution in [0.4, 0.5) is 0 Å². The summed E-state index contributed by atoms with van der Waals surface area (Å²) >= 11 is 0. The fourth-order valence-electron chi connectivity index (χ4n) is 5.71. The fourth-order valence-corrected chi connectivity index (χ4v) is 5.71. The molecule has 8 rings (SSSR count). The maximum absolute atomic E-state index is 11.3. The highest BCUT2D eigenvalue weighted by molar-refractivity contribution is 6.11. The SMILES string of the molecule is Oc1ccc2c(oc3ccccc32)c1-c1nc2c(-c3cccc(-c4ccccn4)c3)cccc2n1-c1ccccc1. The summed E-state index contributed by atoms with van der Waals surface area (Å²) in [5, 5.41) is 13.2. The first-order valence-corrected chi connectivity index (χ1v) is 13.5. The van der Waals surface area contributed by atoms with Gasteiger partial charge in [0, 0.05) is 33.8 Å². The zero-order valence-corrected chi connectivity index (χ0v) is 21.9. The summed E-state index contributed by atoms with van der Waals surface area (Å²) < 4.78 is 8.47. The number of rotatable bonds is 4. The molecule has 41 heavy (non-hydrogen) atoms. The van der Waals surface area contributed by atoms with Gasteiger partial charge in [0.1, 0.15) is 22.5 Å². The van der Waals surface area contributed by atoms with Crippen molar-refractivity contribution in [3.05, 3.63) is 134 Å². The summed E-state index contributed by atoms with van der Waals surface area (Å²) in [5.74, 6) is 0.726. The Morgan fingerprint density at radius 2 is 1.46 bits per heavy atom. The van der Waals surface area contributed by atoms with E-state index in [9.17, 15) is 5.11 Å². The highest BCUT2D eigenvalue weighted by Crippen LogP contribution is 2.43. The van der Waals surface area contributed by atoms with Crippen molar-refractivity contribution in [2.24, 2.45) is 0 Å². The molecule has 0 bridgehead atoms. The molecule has 5 aromatic carbocycles. The molecule has 0 radical (unpaired) electrons. The molecule has 0 saturated carbocycles. The Labute approximate surface area is 235 Å². The predicted molar refractivity (Wildman–Crippen MR) is 164 cm³/mol. The van der Waals surface area contributed by atoms with E-state index in [1.165, 1.54) is 0 Å². The Bertz CT molecular complexity index is 2210. The second kappa shape index (κ2) is 9.21. The summed E-state index contributed by atoms with van der Waals surface area (Å²) in [7, 11) is 0. The number of benzene rings is 5. The first-order valence-electron chi connectivity index (χ1n) is 13.5. The third kappa shape index (κ3) is 3.71. The lowest BCUT2D eigenvalue weighted by atomic mass is 10.0. The summed E-state index contributed by atoms with van der Waals surface area (Å²) in [6, 6.07) is 42.2. The van der Waals surface area contributed by atoms with Crippen molar-refractivity contribution in [3.63, 3.8) is 0 Å². The smallest absolute Gasteiger partial charge is 0.153 e. The van der Waals surface area contributed by atoms with Crippen molar-refractivity contribution in [3.8, 4) is 45.2 Å². The molecule has 0 atom stereocenters. The van der Waals surface area contributed by atoms with E-state index in [0.29, 0.717) is 17.0 Å². The van der Waals surface area contributed by atoms with Gasteiger partial charge in [-0.15, -0.1) is 0 Å². The maximum atomic E-state index is 11.3. The minimum absolute atomic E-state index is 0.114. The van der Waals surface area contributed by atoms with Gasteiger partial charge in [-0.25, -0.2) is 4.98 Å². The van der Waals surface area contributed by atoms with Crippen LogP contribution in [0.2, 0.25) is 0 Å². The average Bonchev–Trinajstić information content (AvgIpc) is 3.60. The number of hydrogen-bond acceptors (Lipinski definition) is 4. The molecule has 194 valence electrons. The van der Waals surface area contributed by atoms with E-state index >= 15 is 0 Å². The van der Waals surface area contributed by atoms with Gasteiger partial charge in [0.25, 0.3) is 0 Å². The lowest BCUT2D eigenvalue weighted by Gasteiger charge is -2.11. The fraction of sp³-hybridized carbons (Fsp3) is 0. The van der Waals surface area contributed by atoms with Crippen molar-refractivity contribution < 1.29 is 9.52 Å². The second-order valence-electron chi connectivity index (χ2n) is 10.0. The quantitative estimate of drug-likeness (QED) is 0.247. The van der Waals surface area contributed by atoms with Gasteiger partial charge in [-0.3, -0.25) is 9.55 Å². The Balaban J connectivity index is 1.43. The second-order valence-corrected chi connectivity index (χ2v) is 10.0. The van der Waals surface area contributed by atoms with E-state index in [1.54, 1.807) is 6.07 Å². The van der Waals surface area contributed by atoms with Gasteiger partial charge in [-0.2, -0.15) is 0 Å². The van der Waals surface area contributed by atoms with Crippen LogP contribution in [0, 0.1) is 0 Å². The first kappa shape index (κ1) is 23.2. The van der Waals surface area contributed by atoms with Crippen LogP contribution in [-0.2, 0) is 0 Å². The van der Waals surface area contributed by atoms with Crippen LogP contribution in [0.5, 0.6) is 5.75 Å². The molecule has 3 aromatic heterocycles. The number of aromatic nitrogens is 3. The van der Waals surface area contributed by atoms with Gasteiger partial charge < -0.3 is 9.52 Å². The molecule has 0 spiro atoms. The molecule has 0 fully saturated rings. The predicted octanol–water partition coefficient (Wildman–Crippen LogP) is 9.03. The number of pyridine rings is 1. The number of fused-ring (bicyclic) bond motifs is 4. The Kier molecular flexibility index (Phi) is 5.22. The molecule has 0 aliphatic heterocycles. The number of para-hydroxylation sites is 3. The van der Waals surface area contributed by atoms with Gasteiger partial charge in [0.15, 0.2) is 5.82 Å². The van der Waals surface area contributed by atoms with E-state index in [-0.39, 0.29) is 5.75 Å². The zero-order valence-electron chi connectivity index (χ0n) is 21.9. The van der Waals surface area contributed by atoms with E-state index < -0.39 is 0 Å². The van der Waals surface area contributed by atoms with Gasteiger partial charge in [0.2, 0.25) is 0 Å². The number of imidazole rings is 1. The number of furan rings is 1. The van der Waals surface area contributed by atoms with Crippen LogP contribution < -0.4 is 0 Å². The monoisotopic (exact) mass is 529 g/mol. The minimum atomic E-state index is 0.114. The third-order valence-corrected chi connectivity index (χ3v) is 7.58. The van der Waals surface area contributed by atoms with Crippen LogP contribution in [0.15, 0.2) is 138 Å². The summed E-state index contributed by atoms with van der Waals surface area (Å²) in [6.07, 6.45) is 1.81. The Morgan fingerprint density at radius 1 is 0.659 bits per heavy atom. The topological polar surface area (TPSA) is 64.1 Å². The molecular weight excluding hydrogens is 506 g/mol. The molecule has 0 aliphatic carbocycles. The number of phenolic OH excluding ortho intramolecular Hbond substituents is 1. The van der Waals surface area contributed by atoms with Gasteiger partial charge in [-0.1, -0.05) is 72.8 Å². The average molecular weight is 530 g/mol. The summed E-state index contributed by atoms with van der Waals surface area (Å²) in [4.78, 5) is 9.79. The number of phenols is 1. The van der Waals surface area contributed by atoms with E-state index in [1.807, 2.05) is 79.0 Å². The summed E-state index contributed by atoms with van der Waals surface area (Å²) in [6.45, 7) is 0. The van der Waals surface area contributed by atoms with Crippen molar-refractivity contribution in [1.29, 1.82) is 0 Å². The molecule has 0 aliphatic rings. The lowest BCUT2D eigenvalue weighted by molar-refractivity contribution is 0.476. The highest BCUT2D eigenvalue weighted by Gasteiger charge is 2.24. The van der Waals surface area contributed by atoms with Crippen molar-refractivity contribution in [2.45, 2.75) is 0 Å². The Morgan fingerprint density at radius 3 is 2.34 bits per heavy atom. The molecule has 5 heteroatoms. The van der Waals surface area contributed by atoms with Gasteiger partial charge in [-0.05, 0) is 60.2 Å². The largest absolute Gasteiger partial charge is 0.507 e. The number of hydrogen-bond donors (Lipinski definition) is 1. The highest BCUT2D eigenvalue weighted by atomic mass is 16.3. The number of nitrogens with zero attached hydrogens (tertiary/aromatic N) is 3. The molecule has 0 unspecified atom stereocenters. The summed E-state index contributed by atoms with van der Waals surface area (Å²) in [5.41, 5.74) is 8.62. The molecular formula is C36H23N3O2. The molecule has 5 nitrogen and oxygen atoms in total. The minimum Gasteiger partial charge on any atom is -0.507 e. The normalized spacial score (nSPS) is 11.5. The third-order valence-electron chi connectivity index (χ3n) is 7.58. The molecule has 8 aromatic rings. The number of aromatic hydroxyl groups is 1. The van der Waals surface area contributed by atoms with Crippen LogP contribution in [0.1, 0.15) is 0 Å². The van der Waals surface area contributed by atoms with Crippen molar-refractivity contribution in [1.82, 2.24) is 14.5 Å². The van der Waals surface area contributed by atoms with Crippen LogP contribution >= 0.6 is 0 Å². The van der Waals surface area contributed by atoms with Gasteiger partial charge >= 0.3 is 0 Å². The van der Waals surface area contributed by atoms with Crippen molar-refractivity contribution in [2.75, 3.05) is 0 Å². The standard InChI is InChI=1S/C36H23N3O2/c40-31-20-19-28-27-14-4-5-18-32(27)41-35(28)33(31)36-38-34-26(15-9-17-30(34)39(36)25-12-2-1-3-13-25)23-10-8-11-24(22-23)29-16-6-7-21-37-29/h1-22,40H. The molecule has 0 amide bonds. The van der Waals surface area contributed by atoms with E-state index in [2.05, 4.69) is 58.1 Å². The molecule has 0 saturated heterocycles. The molecule has 1 N–H and O–H groups in total. The van der Waals surface area contributed by atoms with Crippen LogP contribution in [0.25, 0.3) is 72.4 Å². The van der Waals surface area contributed by atoms with Crippen LogP contribution in [0.3, 0.4) is 0 Å². The zero-order chi connectivity index (χ0) is 27.3. The maximum Gasteiger partial charge on any atom is 0.153 e. The lowest BCUT2D eigenvalue weighted by Crippen LogP contribution is -1.98. The van der Waals surface area contributed by atoms with Crippen LogP contribution in [-0.4, -0.2) is 19.6 Å².